The molecule has 0 aromatic heterocycles. The van der Waals surface area contributed by atoms with Crippen LogP contribution in [-0.4, -0.2) is 42.8 Å². The molecule has 2 aliphatic heterocycles. The molecule has 1 saturated carbocycles. The Hall–Kier alpha value is -0.150. The molecular weight excluding hydrogens is 251 g/mol. The van der Waals surface area contributed by atoms with E-state index in [1.165, 1.54) is 58.2 Å². The lowest BCUT2D eigenvalue weighted by molar-refractivity contribution is 0.0716. The number of nitrogens with zero attached hydrogens (tertiary/aromatic N) is 1. The summed E-state index contributed by atoms with van der Waals surface area (Å²) in [7, 11) is 0. The lowest BCUT2D eigenvalue weighted by Gasteiger charge is -2.44. The molecule has 2 atom stereocenters. The highest BCUT2D eigenvalue weighted by atomic mass is 19.1. The predicted molar refractivity (Wildman–Crippen MR) is 81.7 cm³/mol. The van der Waals surface area contributed by atoms with E-state index in [2.05, 4.69) is 10.2 Å². The maximum absolute atomic E-state index is 13.3. The van der Waals surface area contributed by atoms with E-state index in [1.807, 2.05) is 0 Å². The van der Waals surface area contributed by atoms with Gasteiger partial charge in [-0.3, -0.25) is 4.90 Å². The van der Waals surface area contributed by atoms with Gasteiger partial charge in [0.2, 0.25) is 0 Å². The summed E-state index contributed by atoms with van der Waals surface area (Å²) < 4.78 is 13.3. The second kappa shape index (κ2) is 7.22. The van der Waals surface area contributed by atoms with Gasteiger partial charge in [0.15, 0.2) is 0 Å². The highest BCUT2D eigenvalue weighted by Crippen LogP contribution is 2.30. The van der Waals surface area contributed by atoms with Crippen molar-refractivity contribution in [2.45, 2.75) is 82.5 Å². The first-order valence-corrected chi connectivity index (χ1v) is 8.94. The quantitative estimate of drug-likeness (QED) is 0.852. The van der Waals surface area contributed by atoms with Crippen molar-refractivity contribution in [2.24, 2.45) is 5.92 Å². The molecule has 0 spiro atoms. The molecule has 2 unspecified atom stereocenters. The minimum atomic E-state index is -0.511. The standard InChI is InChI=1S/C17H31FN2/c18-15-9-7-14(8-10-15)13-20-12-4-2-6-17(20)16-5-1-3-11-19-16/h14-17,19H,1-13H2. The van der Waals surface area contributed by atoms with Gasteiger partial charge in [-0.1, -0.05) is 12.8 Å². The third kappa shape index (κ3) is 3.73. The van der Waals surface area contributed by atoms with Crippen molar-refractivity contribution < 1.29 is 4.39 Å². The van der Waals surface area contributed by atoms with Crippen LogP contribution in [0.5, 0.6) is 0 Å². The van der Waals surface area contributed by atoms with Gasteiger partial charge >= 0.3 is 0 Å². The highest BCUT2D eigenvalue weighted by Gasteiger charge is 2.32. The summed E-state index contributed by atoms with van der Waals surface area (Å²) >= 11 is 0. The number of hydrogen-bond acceptors (Lipinski definition) is 2. The first kappa shape index (κ1) is 14.8. The van der Waals surface area contributed by atoms with Crippen molar-refractivity contribution in [2.75, 3.05) is 19.6 Å². The third-order valence-corrected chi connectivity index (χ3v) is 5.75. The lowest BCUT2D eigenvalue weighted by atomic mass is 9.85. The summed E-state index contributed by atoms with van der Waals surface area (Å²) in [5.41, 5.74) is 0. The molecule has 116 valence electrons. The van der Waals surface area contributed by atoms with E-state index in [4.69, 9.17) is 0 Å². The fourth-order valence-electron chi connectivity index (χ4n) is 4.54. The summed E-state index contributed by atoms with van der Waals surface area (Å²) in [6, 6.07) is 1.48. The van der Waals surface area contributed by atoms with Crippen LogP contribution in [0.4, 0.5) is 4.39 Å². The first-order chi connectivity index (χ1) is 9.83. The van der Waals surface area contributed by atoms with Crippen molar-refractivity contribution in [3.8, 4) is 0 Å². The number of hydrogen-bond donors (Lipinski definition) is 1. The van der Waals surface area contributed by atoms with Gasteiger partial charge < -0.3 is 5.32 Å². The zero-order chi connectivity index (χ0) is 13.8. The van der Waals surface area contributed by atoms with Crippen molar-refractivity contribution in [3.05, 3.63) is 0 Å². The Kier molecular flexibility index (Phi) is 5.33. The fraction of sp³-hybridized carbons (Fsp3) is 1.00. The average molecular weight is 282 g/mol. The molecule has 2 nitrogen and oxygen atoms in total. The molecule has 0 bridgehead atoms. The number of piperidine rings is 2. The summed E-state index contributed by atoms with van der Waals surface area (Å²) in [5, 5.41) is 3.76. The van der Waals surface area contributed by atoms with Crippen LogP contribution in [0.3, 0.4) is 0 Å². The topological polar surface area (TPSA) is 15.3 Å². The first-order valence-electron chi connectivity index (χ1n) is 8.94. The zero-order valence-corrected chi connectivity index (χ0v) is 12.8. The molecule has 2 heterocycles. The molecule has 3 fully saturated rings. The van der Waals surface area contributed by atoms with Crippen LogP contribution in [0, 0.1) is 5.92 Å². The largest absolute Gasteiger partial charge is 0.312 e. The van der Waals surface area contributed by atoms with E-state index in [0.717, 1.165) is 43.7 Å². The lowest BCUT2D eigenvalue weighted by Crippen LogP contribution is -2.54. The van der Waals surface area contributed by atoms with Gasteiger partial charge in [-0.05, 0) is 70.4 Å². The molecule has 3 heteroatoms. The van der Waals surface area contributed by atoms with Crippen LogP contribution < -0.4 is 5.32 Å². The van der Waals surface area contributed by atoms with Crippen molar-refractivity contribution in [3.63, 3.8) is 0 Å². The molecule has 0 aromatic carbocycles. The Bertz CT molecular complexity index is 283. The van der Waals surface area contributed by atoms with E-state index in [1.54, 1.807) is 0 Å². The fourth-order valence-corrected chi connectivity index (χ4v) is 4.54. The minimum Gasteiger partial charge on any atom is -0.312 e. The van der Waals surface area contributed by atoms with Crippen LogP contribution >= 0.6 is 0 Å². The zero-order valence-electron chi connectivity index (χ0n) is 12.8. The van der Waals surface area contributed by atoms with Crippen molar-refractivity contribution in [1.82, 2.24) is 10.2 Å². The Labute approximate surface area is 123 Å². The van der Waals surface area contributed by atoms with Gasteiger partial charge in [-0.2, -0.15) is 0 Å². The van der Waals surface area contributed by atoms with Crippen LogP contribution in [0.15, 0.2) is 0 Å². The molecule has 3 aliphatic rings. The summed E-state index contributed by atoms with van der Waals surface area (Å²) in [6.45, 7) is 3.72. The summed E-state index contributed by atoms with van der Waals surface area (Å²) in [6.07, 6.45) is 11.6. The van der Waals surface area contributed by atoms with E-state index < -0.39 is 6.17 Å². The third-order valence-electron chi connectivity index (χ3n) is 5.75. The molecule has 2 saturated heterocycles. The Morgan fingerprint density at radius 2 is 1.70 bits per heavy atom. The van der Waals surface area contributed by atoms with Gasteiger partial charge in [-0.15, -0.1) is 0 Å². The number of halogens is 1. The monoisotopic (exact) mass is 282 g/mol. The summed E-state index contributed by atoms with van der Waals surface area (Å²) in [4.78, 5) is 2.76. The molecule has 0 aromatic rings. The molecule has 0 amide bonds. The SMILES string of the molecule is FC1CCC(CN2CCCCC2C2CCCCN2)CC1. The maximum atomic E-state index is 13.3. The average Bonchev–Trinajstić information content (AvgIpc) is 2.51. The number of rotatable bonds is 3. The molecule has 1 N–H and O–H groups in total. The molecule has 20 heavy (non-hydrogen) atoms. The number of alkyl halides is 1. The Balaban J connectivity index is 1.54. The molecule has 1 aliphatic carbocycles. The van der Waals surface area contributed by atoms with E-state index in [-0.39, 0.29) is 0 Å². The Morgan fingerprint density at radius 3 is 2.45 bits per heavy atom. The van der Waals surface area contributed by atoms with Crippen LogP contribution in [0.1, 0.15) is 64.2 Å². The normalized spacial score (nSPS) is 40.6. The highest BCUT2D eigenvalue weighted by molar-refractivity contribution is 4.90. The van der Waals surface area contributed by atoms with Gasteiger partial charge in [0.25, 0.3) is 0 Å². The summed E-state index contributed by atoms with van der Waals surface area (Å²) in [5.74, 6) is 0.756. The smallest absolute Gasteiger partial charge is 0.100 e. The van der Waals surface area contributed by atoms with Crippen molar-refractivity contribution in [1.29, 1.82) is 0 Å². The van der Waals surface area contributed by atoms with Crippen LogP contribution in [-0.2, 0) is 0 Å². The van der Waals surface area contributed by atoms with Gasteiger partial charge in [0.05, 0.1) is 0 Å². The second-order valence-corrected chi connectivity index (χ2v) is 7.23. The number of likely N-dealkylation sites (tertiary alicyclic amines) is 1. The second-order valence-electron chi connectivity index (χ2n) is 7.23. The number of nitrogens with one attached hydrogen (secondary N) is 1. The van der Waals surface area contributed by atoms with E-state index in [9.17, 15) is 4.39 Å². The molecule has 3 rings (SSSR count). The predicted octanol–water partition coefficient (Wildman–Crippen LogP) is 3.51. The van der Waals surface area contributed by atoms with Crippen LogP contribution in [0.2, 0.25) is 0 Å². The van der Waals surface area contributed by atoms with Crippen LogP contribution in [0.25, 0.3) is 0 Å². The maximum Gasteiger partial charge on any atom is 0.100 e. The van der Waals surface area contributed by atoms with Gasteiger partial charge in [0.1, 0.15) is 6.17 Å². The minimum absolute atomic E-state index is 0.511. The van der Waals surface area contributed by atoms with E-state index >= 15 is 0 Å². The van der Waals surface area contributed by atoms with Crippen molar-refractivity contribution >= 4 is 0 Å². The van der Waals surface area contributed by atoms with Gasteiger partial charge in [-0.25, -0.2) is 4.39 Å². The Morgan fingerprint density at radius 1 is 0.900 bits per heavy atom. The molecular formula is C17H31FN2. The van der Waals surface area contributed by atoms with E-state index in [0.29, 0.717) is 0 Å². The van der Waals surface area contributed by atoms with Gasteiger partial charge in [0, 0.05) is 18.6 Å². The molecule has 0 radical (unpaired) electrons.